The number of hydrogen-bond acceptors (Lipinski definition) is 3. The zero-order valence-electron chi connectivity index (χ0n) is 13.2. The summed E-state index contributed by atoms with van der Waals surface area (Å²) < 4.78 is 2.05. The van der Waals surface area contributed by atoms with Crippen molar-refractivity contribution in [1.29, 1.82) is 0 Å². The first kappa shape index (κ1) is 16.2. The van der Waals surface area contributed by atoms with Gasteiger partial charge in [-0.2, -0.15) is 5.10 Å². The van der Waals surface area contributed by atoms with Gasteiger partial charge in [-0.3, -0.25) is 4.68 Å². The van der Waals surface area contributed by atoms with E-state index >= 15 is 0 Å². The van der Waals surface area contributed by atoms with Crippen LogP contribution in [0.25, 0.3) is 0 Å². The second-order valence-corrected chi connectivity index (χ2v) is 6.11. The Kier molecular flexibility index (Phi) is 7.06. The van der Waals surface area contributed by atoms with Crippen LogP contribution in [-0.4, -0.2) is 27.9 Å². The van der Waals surface area contributed by atoms with Crippen LogP contribution in [0, 0.1) is 17.8 Å². The molecule has 0 radical (unpaired) electrons. The summed E-state index contributed by atoms with van der Waals surface area (Å²) in [6.07, 6.45) is 3.81. The monoisotopic (exact) mass is 266 g/mol. The molecule has 0 aliphatic rings. The summed E-state index contributed by atoms with van der Waals surface area (Å²) in [5.74, 6) is 3.13. The molecular formula is C15H30N4. The SMILES string of the molecule is CCCn1ncnc1CC(C)C(C)CNCC(C)C. The summed E-state index contributed by atoms with van der Waals surface area (Å²) in [6.45, 7) is 14.5. The van der Waals surface area contributed by atoms with Crippen LogP contribution in [0.4, 0.5) is 0 Å². The van der Waals surface area contributed by atoms with Crippen LogP contribution < -0.4 is 5.32 Å². The molecule has 0 saturated carbocycles. The van der Waals surface area contributed by atoms with Crippen molar-refractivity contribution in [1.82, 2.24) is 20.1 Å². The smallest absolute Gasteiger partial charge is 0.138 e. The standard InChI is InChI=1S/C15H30N4/c1-6-7-19-15(17-11-18-19)8-13(4)14(5)10-16-9-12(2)3/h11-14,16H,6-10H2,1-5H3. The van der Waals surface area contributed by atoms with E-state index in [1.807, 2.05) is 4.68 Å². The summed E-state index contributed by atoms with van der Waals surface area (Å²) in [6, 6.07) is 0. The molecular weight excluding hydrogens is 236 g/mol. The zero-order chi connectivity index (χ0) is 14.3. The van der Waals surface area contributed by atoms with Gasteiger partial charge in [0.1, 0.15) is 12.2 Å². The van der Waals surface area contributed by atoms with E-state index in [1.165, 1.54) is 0 Å². The Hall–Kier alpha value is -0.900. The summed E-state index contributed by atoms with van der Waals surface area (Å²) in [5, 5.41) is 7.84. The van der Waals surface area contributed by atoms with Gasteiger partial charge in [-0.15, -0.1) is 0 Å². The number of nitrogens with zero attached hydrogens (tertiary/aromatic N) is 3. The Bertz CT molecular complexity index is 346. The van der Waals surface area contributed by atoms with Crippen LogP contribution in [0.5, 0.6) is 0 Å². The van der Waals surface area contributed by atoms with E-state index in [-0.39, 0.29) is 0 Å². The first-order chi connectivity index (χ1) is 9.04. The van der Waals surface area contributed by atoms with Crippen LogP contribution in [0.15, 0.2) is 6.33 Å². The van der Waals surface area contributed by atoms with Gasteiger partial charge in [0.15, 0.2) is 0 Å². The van der Waals surface area contributed by atoms with Crippen molar-refractivity contribution < 1.29 is 0 Å². The molecule has 1 N–H and O–H groups in total. The van der Waals surface area contributed by atoms with Gasteiger partial charge in [0.25, 0.3) is 0 Å². The Labute approximate surface area is 118 Å². The Balaban J connectivity index is 2.40. The third-order valence-corrected chi connectivity index (χ3v) is 3.63. The molecule has 2 unspecified atom stereocenters. The predicted octanol–water partition coefficient (Wildman–Crippen LogP) is 2.75. The minimum absolute atomic E-state index is 0.625. The summed E-state index contributed by atoms with van der Waals surface area (Å²) in [7, 11) is 0. The Morgan fingerprint density at radius 1 is 1.16 bits per heavy atom. The van der Waals surface area contributed by atoms with E-state index in [0.717, 1.165) is 44.2 Å². The molecule has 1 aromatic heterocycles. The van der Waals surface area contributed by atoms with E-state index in [2.05, 4.69) is 50.0 Å². The lowest BCUT2D eigenvalue weighted by Gasteiger charge is -2.21. The zero-order valence-corrected chi connectivity index (χ0v) is 13.2. The molecule has 2 atom stereocenters. The van der Waals surface area contributed by atoms with Crippen molar-refractivity contribution in [3.8, 4) is 0 Å². The van der Waals surface area contributed by atoms with Crippen LogP contribution in [0.1, 0.15) is 46.9 Å². The molecule has 0 aromatic carbocycles. The van der Waals surface area contributed by atoms with Crippen LogP contribution in [0.2, 0.25) is 0 Å². The van der Waals surface area contributed by atoms with E-state index in [0.29, 0.717) is 11.8 Å². The van der Waals surface area contributed by atoms with Gasteiger partial charge < -0.3 is 5.32 Å². The van der Waals surface area contributed by atoms with Gasteiger partial charge in [-0.05, 0) is 37.3 Å². The molecule has 110 valence electrons. The van der Waals surface area contributed by atoms with Crippen molar-refractivity contribution >= 4 is 0 Å². The first-order valence-electron chi connectivity index (χ1n) is 7.62. The molecule has 1 aromatic rings. The minimum atomic E-state index is 0.625. The normalized spacial score (nSPS) is 14.8. The molecule has 0 amide bonds. The quantitative estimate of drug-likeness (QED) is 0.747. The number of aromatic nitrogens is 3. The highest BCUT2D eigenvalue weighted by atomic mass is 15.3. The van der Waals surface area contributed by atoms with Gasteiger partial charge in [-0.25, -0.2) is 4.98 Å². The maximum Gasteiger partial charge on any atom is 0.138 e. The average Bonchev–Trinajstić information content (AvgIpc) is 2.76. The van der Waals surface area contributed by atoms with Crippen molar-refractivity contribution in [2.45, 2.75) is 54.0 Å². The number of rotatable bonds is 9. The second kappa shape index (κ2) is 8.31. The molecule has 0 spiro atoms. The third kappa shape index (κ3) is 5.72. The lowest BCUT2D eigenvalue weighted by atomic mass is 9.92. The maximum atomic E-state index is 4.40. The van der Waals surface area contributed by atoms with E-state index in [9.17, 15) is 0 Å². The fraction of sp³-hybridized carbons (Fsp3) is 0.867. The molecule has 0 fully saturated rings. The summed E-state index contributed by atoms with van der Waals surface area (Å²) in [4.78, 5) is 4.40. The van der Waals surface area contributed by atoms with Crippen molar-refractivity contribution in [2.24, 2.45) is 17.8 Å². The molecule has 4 nitrogen and oxygen atoms in total. The predicted molar refractivity (Wildman–Crippen MR) is 80.1 cm³/mol. The highest BCUT2D eigenvalue weighted by Gasteiger charge is 2.15. The van der Waals surface area contributed by atoms with Gasteiger partial charge >= 0.3 is 0 Å². The van der Waals surface area contributed by atoms with Gasteiger partial charge in [0, 0.05) is 13.0 Å². The highest BCUT2D eigenvalue weighted by Crippen LogP contribution is 2.15. The molecule has 0 saturated heterocycles. The molecule has 0 aliphatic heterocycles. The Morgan fingerprint density at radius 3 is 2.53 bits per heavy atom. The molecule has 0 bridgehead atoms. The second-order valence-electron chi connectivity index (χ2n) is 6.11. The van der Waals surface area contributed by atoms with Crippen molar-refractivity contribution in [2.75, 3.05) is 13.1 Å². The number of aryl methyl sites for hydroxylation is 1. The number of nitrogens with one attached hydrogen (secondary N) is 1. The van der Waals surface area contributed by atoms with E-state index in [4.69, 9.17) is 0 Å². The van der Waals surface area contributed by atoms with Crippen LogP contribution in [-0.2, 0) is 13.0 Å². The topological polar surface area (TPSA) is 42.7 Å². The fourth-order valence-electron chi connectivity index (χ4n) is 2.13. The lowest BCUT2D eigenvalue weighted by molar-refractivity contribution is 0.347. The maximum absolute atomic E-state index is 4.40. The Morgan fingerprint density at radius 2 is 1.89 bits per heavy atom. The highest BCUT2D eigenvalue weighted by molar-refractivity contribution is 4.88. The average molecular weight is 266 g/mol. The third-order valence-electron chi connectivity index (χ3n) is 3.63. The van der Waals surface area contributed by atoms with Crippen LogP contribution in [0.3, 0.4) is 0 Å². The molecule has 19 heavy (non-hydrogen) atoms. The van der Waals surface area contributed by atoms with Gasteiger partial charge in [0.2, 0.25) is 0 Å². The van der Waals surface area contributed by atoms with Gasteiger partial charge in [0.05, 0.1) is 0 Å². The largest absolute Gasteiger partial charge is 0.316 e. The molecule has 0 aliphatic carbocycles. The van der Waals surface area contributed by atoms with E-state index in [1.54, 1.807) is 6.33 Å². The number of hydrogen-bond donors (Lipinski definition) is 1. The van der Waals surface area contributed by atoms with Gasteiger partial charge in [-0.1, -0.05) is 34.6 Å². The van der Waals surface area contributed by atoms with Crippen molar-refractivity contribution in [3.63, 3.8) is 0 Å². The summed E-state index contributed by atoms with van der Waals surface area (Å²) >= 11 is 0. The molecule has 4 heteroatoms. The van der Waals surface area contributed by atoms with Crippen LogP contribution >= 0.6 is 0 Å². The lowest BCUT2D eigenvalue weighted by Crippen LogP contribution is -2.29. The molecule has 1 heterocycles. The first-order valence-corrected chi connectivity index (χ1v) is 7.62. The minimum Gasteiger partial charge on any atom is -0.316 e. The van der Waals surface area contributed by atoms with Crippen molar-refractivity contribution in [3.05, 3.63) is 12.2 Å². The summed E-state index contributed by atoms with van der Waals surface area (Å²) in [5.41, 5.74) is 0. The fourth-order valence-corrected chi connectivity index (χ4v) is 2.13. The van der Waals surface area contributed by atoms with E-state index < -0.39 is 0 Å². The molecule has 1 rings (SSSR count).